The van der Waals surface area contributed by atoms with E-state index in [9.17, 15) is 19.5 Å². The number of carbonyl (C=O) groups excluding carboxylic acids is 3. The van der Waals surface area contributed by atoms with Crippen LogP contribution in [0.15, 0.2) is 43.5 Å². The number of fused-ring (bicyclic) bond motifs is 1. The zero-order chi connectivity index (χ0) is 28.4. The van der Waals surface area contributed by atoms with Gasteiger partial charge in [-0.2, -0.15) is 0 Å². The highest BCUT2D eigenvalue weighted by atomic mass is 16.6. The second kappa shape index (κ2) is 11.6. The minimum absolute atomic E-state index is 0.0198. The number of hydrogen-bond donors (Lipinski definition) is 1. The van der Waals surface area contributed by atoms with Gasteiger partial charge in [0.2, 0.25) is 5.91 Å². The molecule has 2 unspecified atom stereocenters. The number of allylic oxidation sites excluding steroid dienone is 1. The number of likely N-dealkylation sites (tertiary alicyclic amines) is 1. The number of hydrogen-bond acceptors (Lipinski definition) is 6. The van der Waals surface area contributed by atoms with E-state index >= 15 is 0 Å². The molecule has 3 heterocycles. The third-order valence-corrected chi connectivity index (χ3v) is 8.79. The van der Waals surface area contributed by atoms with E-state index in [-0.39, 0.29) is 38.1 Å². The lowest BCUT2D eigenvalue weighted by molar-refractivity contribution is -0.161. The lowest BCUT2D eigenvalue weighted by atomic mass is 9.65. The Labute approximate surface area is 231 Å². The first-order valence-electron chi connectivity index (χ1n) is 14.1. The van der Waals surface area contributed by atoms with Crippen molar-refractivity contribution in [2.45, 2.75) is 76.5 Å². The summed E-state index contributed by atoms with van der Waals surface area (Å²) in [6.07, 6.45) is 7.48. The first-order chi connectivity index (χ1) is 18.7. The van der Waals surface area contributed by atoms with E-state index in [2.05, 4.69) is 13.2 Å². The zero-order valence-electron chi connectivity index (χ0n) is 23.5. The second-order valence-corrected chi connectivity index (χ2v) is 11.1. The van der Waals surface area contributed by atoms with Crippen molar-refractivity contribution in [2.24, 2.45) is 11.8 Å². The Hall–Kier alpha value is -2.97. The fourth-order valence-corrected chi connectivity index (χ4v) is 6.95. The van der Waals surface area contributed by atoms with Crippen molar-refractivity contribution in [3.05, 3.63) is 54.6 Å². The van der Waals surface area contributed by atoms with E-state index in [1.807, 2.05) is 45.0 Å². The molecule has 0 aromatic heterocycles. The van der Waals surface area contributed by atoms with Crippen LogP contribution in [0.1, 0.15) is 56.6 Å². The summed E-state index contributed by atoms with van der Waals surface area (Å²) in [6.45, 7) is 13.6. The number of unbranched alkanes of at least 4 members (excludes halogenated alkanes) is 2. The maximum atomic E-state index is 14.5. The highest BCUT2D eigenvalue weighted by Crippen LogP contribution is 2.64. The average Bonchev–Trinajstić information content (AvgIpc) is 3.52. The van der Waals surface area contributed by atoms with Crippen LogP contribution in [0.3, 0.4) is 0 Å². The number of anilines is 1. The first-order valence-corrected chi connectivity index (χ1v) is 14.1. The van der Waals surface area contributed by atoms with Crippen LogP contribution in [-0.4, -0.2) is 71.3 Å². The van der Waals surface area contributed by atoms with Crippen LogP contribution < -0.4 is 4.90 Å². The van der Waals surface area contributed by atoms with E-state index < -0.39 is 35.0 Å². The maximum absolute atomic E-state index is 14.5. The summed E-state index contributed by atoms with van der Waals surface area (Å²) in [7, 11) is 0. The Morgan fingerprint density at radius 1 is 1.23 bits per heavy atom. The molecule has 1 aromatic rings. The predicted octanol–water partition coefficient (Wildman–Crippen LogP) is 3.87. The number of ether oxygens (including phenoxy) is 2. The Morgan fingerprint density at radius 2 is 2.00 bits per heavy atom. The maximum Gasteiger partial charge on any atom is 0.312 e. The minimum atomic E-state index is -1.16. The van der Waals surface area contributed by atoms with Crippen molar-refractivity contribution in [3.8, 4) is 0 Å². The summed E-state index contributed by atoms with van der Waals surface area (Å²) in [4.78, 5) is 45.2. The van der Waals surface area contributed by atoms with E-state index in [0.29, 0.717) is 25.7 Å². The third-order valence-electron chi connectivity index (χ3n) is 8.79. The van der Waals surface area contributed by atoms with Gasteiger partial charge in [-0.15, -0.1) is 13.2 Å². The van der Waals surface area contributed by atoms with Crippen LogP contribution in [0.25, 0.3) is 0 Å². The molecule has 212 valence electrons. The van der Waals surface area contributed by atoms with Gasteiger partial charge < -0.3 is 24.4 Å². The van der Waals surface area contributed by atoms with Gasteiger partial charge in [0.05, 0.1) is 24.7 Å². The third kappa shape index (κ3) is 4.82. The van der Waals surface area contributed by atoms with Gasteiger partial charge in [0.15, 0.2) is 0 Å². The average molecular weight is 539 g/mol. The molecule has 3 saturated heterocycles. The molecule has 3 aliphatic rings. The molecule has 1 spiro atoms. The normalized spacial score (nSPS) is 28.9. The van der Waals surface area contributed by atoms with Gasteiger partial charge in [-0.05, 0) is 69.6 Å². The Balaban J connectivity index is 1.73. The Bertz CT molecular complexity index is 1130. The molecule has 0 aliphatic carbocycles. The summed E-state index contributed by atoms with van der Waals surface area (Å²) in [6, 6.07) is 4.93. The molecular formula is C31H42N2O6. The van der Waals surface area contributed by atoms with Gasteiger partial charge >= 0.3 is 5.97 Å². The summed E-state index contributed by atoms with van der Waals surface area (Å²) in [5.41, 5.74) is 0.641. The molecule has 2 amide bonds. The monoisotopic (exact) mass is 538 g/mol. The molecule has 1 aromatic carbocycles. The molecule has 3 aliphatic heterocycles. The van der Waals surface area contributed by atoms with Crippen molar-refractivity contribution in [1.82, 2.24) is 4.90 Å². The van der Waals surface area contributed by atoms with Gasteiger partial charge in [0.1, 0.15) is 17.6 Å². The van der Waals surface area contributed by atoms with Crippen molar-refractivity contribution >= 4 is 23.5 Å². The van der Waals surface area contributed by atoms with Gasteiger partial charge in [-0.25, -0.2) is 0 Å². The largest absolute Gasteiger partial charge is 0.465 e. The quantitative estimate of drug-likeness (QED) is 0.233. The summed E-state index contributed by atoms with van der Waals surface area (Å²) < 4.78 is 12.5. The van der Waals surface area contributed by atoms with E-state index in [4.69, 9.17) is 9.47 Å². The van der Waals surface area contributed by atoms with Crippen LogP contribution in [0.5, 0.6) is 0 Å². The molecule has 3 fully saturated rings. The SMILES string of the molecule is C=CCCCCOC(=O)[C@H]1[C@H]2C(=O)N(CCO)C(C(=O)N(CC=C)c3cc(C)ccc3C)C23CC[C@]1(CC)O3. The molecule has 39 heavy (non-hydrogen) atoms. The number of nitrogens with zero attached hydrogens (tertiary/aromatic N) is 2. The second-order valence-electron chi connectivity index (χ2n) is 11.1. The number of benzene rings is 1. The van der Waals surface area contributed by atoms with E-state index in [1.165, 1.54) is 4.90 Å². The topological polar surface area (TPSA) is 96.4 Å². The van der Waals surface area contributed by atoms with Gasteiger partial charge in [-0.3, -0.25) is 14.4 Å². The van der Waals surface area contributed by atoms with Crippen LogP contribution in [0.4, 0.5) is 5.69 Å². The molecule has 0 saturated carbocycles. The van der Waals surface area contributed by atoms with Gasteiger partial charge in [-0.1, -0.05) is 31.2 Å². The first kappa shape index (κ1) is 29.0. The van der Waals surface area contributed by atoms with Crippen LogP contribution >= 0.6 is 0 Å². The molecular weight excluding hydrogens is 496 g/mol. The molecule has 4 rings (SSSR count). The lowest BCUT2D eigenvalue weighted by Crippen LogP contribution is -2.57. The minimum Gasteiger partial charge on any atom is -0.465 e. The van der Waals surface area contributed by atoms with Crippen LogP contribution in [0.2, 0.25) is 0 Å². The number of amides is 2. The van der Waals surface area contributed by atoms with Gasteiger partial charge in [0.25, 0.3) is 5.91 Å². The summed E-state index contributed by atoms with van der Waals surface area (Å²) >= 11 is 0. The molecule has 8 heteroatoms. The number of aliphatic hydroxyl groups excluding tert-OH is 1. The fraction of sp³-hybridized carbons (Fsp3) is 0.581. The van der Waals surface area contributed by atoms with Crippen molar-refractivity contribution in [2.75, 3.05) is 31.2 Å². The smallest absolute Gasteiger partial charge is 0.312 e. The lowest BCUT2D eigenvalue weighted by Gasteiger charge is -2.37. The molecule has 5 atom stereocenters. The van der Waals surface area contributed by atoms with Crippen LogP contribution in [0, 0.1) is 25.7 Å². The number of aliphatic hydroxyl groups is 1. The standard InChI is InChI=1S/C31H42N2O6/c1-6-9-10-11-19-38-29(37)25-24-27(35)33(17-18-34)26(31(24)15-14-30(25,8-3)39-31)28(36)32(16-7-2)23-20-21(4)12-13-22(23)5/h6-7,12-13,20,24-26,34H,1-2,8-11,14-19H2,3-5H3/t24-,25+,26?,30-,31?/m0/s1. The highest BCUT2D eigenvalue weighted by Gasteiger charge is 2.79. The van der Waals surface area contributed by atoms with Crippen molar-refractivity contribution < 1.29 is 29.0 Å². The number of β-amino-alcohol motifs (C(OH)–C–C–N with tert-alkyl or cyclic N) is 1. The highest BCUT2D eigenvalue weighted by molar-refractivity contribution is 6.05. The Morgan fingerprint density at radius 3 is 2.67 bits per heavy atom. The van der Waals surface area contributed by atoms with Gasteiger partial charge in [0, 0.05) is 18.8 Å². The predicted molar refractivity (Wildman–Crippen MR) is 149 cm³/mol. The van der Waals surface area contributed by atoms with Crippen molar-refractivity contribution in [3.63, 3.8) is 0 Å². The van der Waals surface area contributed by atoms with Crippen LogP contribution in [-0.2, 0) is 23.9 Å². The molecule has 0 radical (unpaired) electrons. The number of aryl methyl sites for hydroxylation is 2. The molecule has 8 nitrogen and oxygen atoms in total. The van der Waals surface area contributed by atoms with E-state index in [1.54, 1.807) is 11.0 Å². The molecule has 2 bridgehead atoms. The van der Waals surface area contributed by atoms with Crippen molar-refractivity contribution in [1.29, 1.82) is 0 Å². The summed E-state index contributed by atoms with van der Waals surface area (Å²) in [5, 5.41) is 9.90. The van der Waals surface area contributed by atoms with E-state index in [0.717, 1.165) is 29.7 Å². The number of carbonyl (C=O) groups is 3. The molecule has 1 N–H and O–H groups in total. The summed E-state index contributed by atoms with van der Waals surface area (Å²) in [5.74, 6) is -2.69. The number of rotatable bonds is 13. The Kier molecular flexibility index (Phi) is 8.66. The fourth-order valence-electron chi connectivity index (χ4n) is 6.95. The number of esters is 1. The zero-order valence-corrected chi connectivity index (χ0v) is 23.5.